The van der Waals surface area contributed by atoms with E-state index < -0.39 is 11.7 Å². The van der Waals surface area contributed by atoms with Crippen LogP contribution >= 0.6 is 0 Å². The lowest BCUT2D eigenvalue weighted by Gasteiger charge is -2.09. The Morgan fingerprint density at radius 1 is 1.25 bits per heavy atom. The summed E-state index contributed by atoms with van der Waals surface area (Å²) < 4.78 is 15.6. The number of carbonyl (C=O) groups excluding carboxylic acids is 1. The second-order valence-electron chi connectivity index (χ2n) is 4.31. The summed E-state index contributed by atoms with van der Waals surface area (Å²) in [5, 5.41) is 0.676. The molecule has 1 heterocycles. The summed E-state index contributed by atoms with van der Waals surface area (Å²) in [6.45, 7) is 0. The van der Waals surface area contributed by atoms with Gasteiger partial charge < -0.3 is 24.4 Å². The molecular formula is C14H15NO5. The molecule has 0 radical (unpaired) electrons. The first kappa shape index (κ1) is 14.1. The normalized spacial score (nSPS) is 12.2. The fraction of sp³-hybridized carbons (Fsp3) is 0.286. The van der Waals surface area contributed by atoms with Crippen molar-refractivity contribution in [2.24, 2.45) is 5.73 Å². The number of methoxy groups -OCH3 is 2. The molecule has 1 unspecified atom stereocenters. The van der Waals surface area contributed by atoms with Gasteiger partial charge in [-0.2, -0.15) is 0 Å². The summed E-state index contributed by atoms with van der Waals surface area (Å²) in [7, 11) is 3.02. The summed E-state index contributed by atoms with van der Waals surface area (Å²) in [5.74, 6) is 1.000. The molecule has 20 heavy (non-hydrogen) atoms. The molecule has 0 saturated carbocycles. The molecule has 0 bridgehead atoms. The molecule has 1 atom stereocenters. The van der Waals surface area contributed by atoms with Crippen LogP contribution in [0.3, 0.4) is 0 Å². The van der Waals surface area contributed by atoms with Crippen molar-refractivity contribution in [2.75, 3.05) is 14.2 Å². The molecule has 6 nitrogen and oxygen atoms in total. The van der Waals surface area contributed by atoms with Gasteiger partial charge in [-0.15, -0.1) is 0 Å². The van der Waals surface area contributed by atoms with Crippen LogP contribution in [0.15, 0.2) is 27.4 Å². The average molecular weight is 277 g/mol. The average Bonchev–Trinajstić information content (AvgIpc) is 2.46. The van der Waals surface area contributed by atoms with E-state index in [4.69, 9.17) is 19.6 Å². The quantitative estimate of drug-likeness (QED) is 0.644. The molecule has 0 amide bonds. The van der Waals surface area contributed by atoms with Gasteiger partial charge in [-0.25, -0.2) is 4.79 Å². The van der Waals surface area contributed by atoms with Crippen LogP contribution in [0.4, 0.5) is 0 Å². The number of ether oxygens (including phenoxy) is 2. The second-order valence-corrected chi connectivity index (χ2v) is 4.31. The van der Waals surface area contributed by atoms with E-state index >= 15 is 0 Å². The van der Waals surface area contributed by atoms with E-state index in [9.17, 15) is 9.59 Å². The number of carbonyl (C=O) groups is 1. The van der Waals surface area contributed by atoms with Crippen molar-refractivity contribution in [3.63, 3.8) is 0 Å². The second kappa shape index (κ2) is 5.75. The third-order valence-electron chi connectivity index (χ3n) is 2.94. The molecule has 2 rings (SSSR count). The van der Waals surface area contributed by atoms with Gasteiger partial charge >= 0.3 is 5.63 Å². The summed E-state index contributed by atoms with van der Waals surface area (Å²) in [4.78, 5) is 22.4. The van der Waals surface area contributed by atoms with Gasteiger partial charge in [0.25, 0.3) is 0 Å². The predicted molar refractivity (Wildman–Crippen MR) is 73.3 cm³/mol. The van der Waals surface area contributed by atoms with Gasteiger partial charge in [-0.1, -0.05) is 0 Å². The summed E-state index contributed by atoms with van der Waals surface area (Å²) in [6.07, 6.45) is 0.731. The van der Waals surface area contributed by atoms with Crippen LogP contribution in [-0.2, 0) is 11.2 Å². The Labute approximate surface area is 115 Å². The largest absolute Gasteiger partial charge is 0.493 e. The zero-order valence-electron chi connectivity index (χ0n) is 11.2. The van der Waals surface area contributed by atoms with Crippen LogP contribution in [-0.4, -0.2) is 26.5 Å². The van der Waals surface area contributed by atoms with E-state index in [1.165, 1.54) is 14.2 Å². The number of hydrogen-bond acceptors (Lipinski definition) is 6. The molecule has 1 aromatic heterocycles. The first-order valence-corrected chi connectivity index (χ1v) is 5.98. The van der Waals surface area contributed by atoms with Gasteiger partial charge in [0, 0.05) is 23.4 Å². The van der Waals surface area contributed by atoms with E-state index in [1.54, 1.807) is 18.2 Å². The number of nitrogens with two attached hydrogens (primary N) is 1. The number of fused-ring (bicyclic) bond motifs is 1. The maximum absolute atomic E-state index is 11.8. The van der Waals surface area contributed by atoms with Crippen LogP contribution in [0.5, 0.6) is 11.5 Å². The first-order chi connectivity index (χ1) is 9.58. The Bertz CT molecular complexity index is 692. The van der Waals surface area contributed by atoms with Crippen molar-refractivity contribution < 1.29 is 18.7 Å². The minimum Gasteiger partial charge on any atom is -0.493 e. The molecule has 0 aliphatic rings. The minimum absolute atomic E-state index is 0.135. The van der Waals surface area contributed by atoms with Gasteiger partial charge in [0.05, 0.1) is 20.3 Å². The Hall–Kier alpha value is -2.34. The fourth-order valence-corrected chi connectivity index (χ4v) is 1.93. The molecular weight excluding hydrogens is 262 g/mol. The van der Waals surface area contributed by atoms with Crippen LogP contribution in [0.1, 0.15) is 5.56 Å². The monoisotopic (exact) mass is 277 g/mol. The van der Waals surface area contributed by atoms with Crippen LogP contribution < -0.4 is 20.8 Å². The Kier molecular flexibility index (Phi) is 4.05. The van der Waals surface area contributed by atoms with Crippen molar-refractivity contribution in [3.05, 3.63) is 34.2 Å². The number of aldehydes is 1. The smallest absolute Gasteiger partial charge is 0.339 e. The van der Waals surface area contributed by atoms with Crippen LogP contribution in [0, 0.1) is 0 Å². The zero-order chi connectivity index (χ0) is 14.7. The number of rotatable bonds is 5. The van der Waals surface area contributed by atoms with E-state index in [0.717, 1.165) is 0 Å². The van der Waals surface area contributed by atoms with Gasteiger partial charge in [0.2, 0.25) is 0 Å². The van der Waals surface area contributed by atoms with Crippen molar-refractivity contribution in [1.29, 1.82) is 0 Å². The molecule has 0 aliphatic heterocycles. The molecule has 1 aromatic carbocycles. The van der Waals surface area contributed by atoms with Crippen molar-refractivity contribution in [2.45, 2.75) is 12.5 Å². The lowest BCUT2D eigenvalue weighted by Crippen LogP contribution is -2.26. The zero-order valence-corrected chi connectivity index (χ0v) is 11.2. The van der Waals surface area contributed by atoms with Gasteiger partial charge in [0.15, 0.2) is 11.5 Å². The summed E-state index contributed by atoms with van der Waals surface area (Å²) in [5.41, 5.74) is 5.75. The van der Waals surface area contributed by atoms with Crippen molar-refractivity contribution >= 4 is 17.3 Å². The summed E-state index contributed by atoms with van der Waals surface area (Å²) >= 11 is 0. The Balaban J connectivity index is 2.57. The van der Waals surface area contributed by atoms with Crippen molar-refractivity contribution in [3.8, 4) is 11.5 Å². The molecule has 2 N–H and O–H groups in total. The third-order valence-corrected chi connectivity index (χ3v) is 2.94. The highest BCUT2D eigenvalue weighted by atomic mass is 16.5. The Morgan fingerprint density at radius 3 is 2.50 bits per heavy atom. The maximum Gasteiger partial charge on any atom is 0.339 e. The molecule has 0 fully saturated rings. The minimum atomic E-state index is -0.726. The van der Waals surface area contributed by atoms with Gasteiger partial charge in [-0.3, -0.25) is 0 Å². The summed E-state index contributed by atoms with van der Waals surface area (Å²) in [6, 6.07) is 4.20. The molecule has 0 aliphatic carbocycles. The first-order valence-electron chi connectivity index (χ1n) is 5.98. The highest BCUT2D eigenvalue weighted by molar-refractivity contribution is 5.81. The highest BCUT2D eigenvalue weighted by Gasteiger charge is 2.12. The van der Waals surface area contributed by atoms with E-state index in [1.807, 2.05) is 0 Å². The number of hydrogen-bond donors (Lipinski definition) is 1. The number of benzene rings is 1. The van der Waals surface area contributed by atoms with Gasteiger partial charge in [-0.05, 0) is 12.1 Å². The topological polar surface area (TPSA) is 91.8 Å². The lowest BCUT2D eigenvalue weighted by molar-refractivity contribution is -0.108. The maximum atomic E-state index is 11.8. The SMILES string of the molecule is COc1cc2cc(CC(N)C=O)c(=O)oc2cc1OC. The van der Waals surface area contributed by atoms with Crippen LogP contribution in [0.25, 0.3) is 11.0 Å². The van der Waals surface area contributed by atoms with E-state index in [-0.39, 0.29) is 6.42 Å². The predicted octanol–water partition coefficient (Wildman–Crippen LogP) is 0.879. The van der Waals surface area contributed by atoms with Crippen LogP contribution in [0.2, 0.25) is 0 Å². The standard InChI is InChI=1S/C14H15NO5/c1-18-12-5-8-3-9(4-10(15)7-16)14(17)20-11(8)6-13(12)19-2/h3,5-7,10H,4,15H2,1-2H3. The lowest BCUT2D eigenvalue weighted by atomic mass is 10.1. The van der Waals surface area contributed by atoms with Crippen molar-refractivity contribution in [1.82, 2.24) is 0 Å². The molecule has 106 valence electrons. The molecule has 2 aromatic rings. The van der Waals surface area contributed by atoms with E-state index in [2.05, 4.69) is 0 Å². The molecule has 6 heteroatoms. The van der Waals surface area contributed by atoms with Gasteiger partial charge in [0.1, 0.15) is 11.9 Å². The Morgan fingerprint density at radius 2 is 1.90 bits per heavy atom. The van der Waals surface area contributed by atoms with E-state index in [0.29, 0.717) is 34.3 Å². The highest BCUT2D eigenvalue weighted by Crippen LogP contribution is 2.31. The third kappa shape index (κ3) is 2.65. The molecule has 0 saturated heterocycles. The molecule has 0 spiro atoms. The fourth-order valence-electron chi connectivity index (χ4n) is 1.93.